The Morgan fingerprint density at radius 3 is 2.67 bits per heavy atom. The Hall–Kier alpha value is -1.75. The van der Waals surface area contributed by atoms with E-state index >= 15 is 0 Å². The summed E-state index contributed by atoms with van der Waals surface area (Å²) in [6, 6.07) is 8.18. The van der Waals surface area contributed by atoms with Gasteiger partial charge in [-0.3, -0.25) is 0 Å². The third-order valence-corrected chi connectivity index (χ3v) is 3.18. The van der Waals surface area contributed by atoms with Crippen molar-refractivity contribution in [3.63, 3.8) is 0 Å². The lowest BCUT2D eigenvalue weighted by atomic mass is 10.3. The highest BCUT2D eigenvalue weighted by Crippen LogP contribution is 2.23. The highest BCUT2D eigenvalue weighted by Gasteiger charge is 2.10. The van der Waals surface area contributed by atoms with Crippen molar-refractivity contribution in [2.24, 2.45) is 0 Å². The second-order valence-corrected chi connectivity index (χ2v) is 4.91. The Bertz CT molecular complexity index is 719. The van der Waals surface area contributed by atoms with Crippen molar-refractivity contribution < 1.29 is 4.39 Å². The summed E-state index contributed by atoms with van der Waals surface area (Å²) in [5.41, 5.74) is 2.45. The normalized spacial score (nSPS) is 11.1. The van der Waals surface area contributed by atoms with E-state index in [1.165, 1.54) is 12.1 Å². The van der Waals surface area contributed by atoms with Gasteiger partial charge in [0, 0.05) is 16.1 Å². The van der Waals surface area contributed by atoms with E-state index in [-0.39, 0.29) is 5.82 Å². The van der Waals surface area contributed by atoms with E-state index in [4.69, 9.17) is 0 Å². The predicted molar refractivity (Wildman–Crippen MR) is 71.3 cm³/mol. The number of rotatable bonds is 1. The van der Waals surface area contributed by atoms with Crippen LogP contribution in [0.3, 0.4) is 0 Å². The Balaban J connectivity index is 2.26. The van der Waals surface area contributed by atoms with Crippen molar-refractivity contribution in [3.8, 4) is 5.69 Å². The van der Waals surface area contributed by atoms with Crippen LogP contribution in [-0.2, 0) is 0 Å². The van der Waals surface area contributed by atoms with Crippen LogP contribution in [0.4, 0.5) is 4.39 Å². The van der Waals surface area contributed by atoms with Crippen LogP contribution in [0.2, 0.25) is 0 Å². The lowest BCUT2D eigenvalue weighted by molar-refractivity contribution is 0.627. The Morgan fingerprint density at radius 2 is 1.94 bits per heavy atom. The Morgan fingerprint density at radius 1 is 1.22 bits per heavy atom. The largest absolute Gasteiger partial charge is 0.235 e. The van der Waals surface area contributed by atoms with Crippen LogP contribution in [0, 0.1) is 12.7 Å². The molecule has 3 rings (SSSR count). The summed E-state index contributed by atoms with van der Waals surface area (Å²) in [5, 5.41) is 5.42. The summed E-state index contributed by atoms with van der Waals surface area (Å²) in [7, 11) is 0. The Labute approximate surface area is 111 Å². The van der Waals surface area contributed by atoms with Crippen LogP contribution < -0.4 is 0 Å². The second kappa shape index (κ2) is 4.17. The second-order valence-electron chi connectivity index (χ2n) is 4.00. The molecule has 0 aliphatic rings. The van der Waals surface area contributed by atoms with Gasteiger partial charge in [-0.15, -0.1) is 0 Å². The van der Waals surface area contributed by atoms with Crippen molar-refractivity contribution in [2.75, 3.05) is 0 Å². The van der Waals surface area contributed by atoms with Gasteiger partial charge in [0.15, 0.2) is 5.65 Å². The van der Waals surface area contributed by atoms with Crippen molar-refractivity contribution >= 4 is 27.0 Å². The third kappa shape index (κ3) is 1.80. The number of pyridine rings is 1. The highest BCUT2D eigenvalue weighted by molar-refractivity contribution is 9.10. The number of benzene rings is 1. The molecule has 90 valence electrons. The van der Waals surface area contributed by atoms with Crippen LogP contribution >= 0.6 is 15.9 Å². The number of hydrogen-bond donors (Lipinski definition) is 0. The molecular weight excluding hydrogens is 297 g/mol. The fraction of sp³-hybridized carbons (Fsp3) is 0.0769. The summed E-state index contributed by atoms with van der Waals surface area (Å²) < 4.78 is 15.6. The number of hydrogen-bond acceptors (Lipinski definition) is 2. The minimum absolute atomic E-state index is 0.261. The molecule has 3 nitrogen and oxygen atoms in total. The van der Waals surface area contributed by atoms with Gasteiger partial charge >= 0.3 is 0 Å². The van der Waals surface area contributed by atoms with Gasteiger partial charge < -0.3 is 0 Å². The molecule has 0 bridgehead atoms. The first-order valence-corrected chi connectivity index (χ1v) is 6.21. The maximum Gasteiger partial charge on any atom is 0.163 e. The van der Waals surface area contributed by atoms with Gasteiger partial charge in [0.05, 0.1) is 11.4 Å². The molecule has 0 radical (unpaired) electrons. The van der Waals surface area contributed by atoms with Gasteiger partial charge in [0.25, 0.3) is 0 Å². The van der Waals surface area contributed by atoms with Crippen molar-refractivity contribution in [2.45, 2.75) is 6.92 Å². The molecule has 1 aromatic carbocycles. The number of aryl methyl sites for hydroxylation is 1. The first-order chi connectivity index (χ1) is 8.65. The van der Waals surface area contributed by atoms with E-state index < -0.39 is 0 Å². The van der Waals surface area contributed by atoms with E-state index in [2.05, 4.69) is 26.0 Å². The van der Waals surface area contributed by atoms with Crippen LogP contribution in [0.15, 0.2) is 41.0 Å². The van der Waals surface area contributed by atoms with E-state index in [0.29, 0.717) is 0 Å². The molecular formula is C13H9BrFN3. The van der Waals surface area contributed by atoms with Crippen LogP contribution in [0.25, 0.3) is 16.7 Å². The summed E-state index contributed by atoms with van der Waals surface area (Å²) in [4.78, 5) is 4.36. The summed E-state index contributed by atoms with van der Waals surface area (Å²) in [5.74, 6) is -0.261. The van der Waals surface area contributed by atoms with E-state index in [1.807, 2.05) is 13.0 Å². The SMILES string of the molecule is Cc1nn(-c2ccc(F)cc2)c2ncc(Br)cc12. The maximum atomic E-state index is 12.9. The average Bonchev–Trinajstić information content (AvgIpc) is 2.68. The van der Waals surface area contributed by atoms with Crippen molar-refractivity contribution in [1.82, 2.24) is 14.8 Å². The molecule has 0 N–H and O–H groups in total. The number of fused-ring (bicyclic) bond motifs is 1. The molecule has 2 aromatic heterocycles. The van der Waals surface area contributed by atoms with Gasteiger partial charge in [0.1, 0.15) is 5.82 Å². The summed E-state index contributed by atoms with van der Waals surface area (Å²) >= 11 is 3.39. The molecule has 0 atom stereocenters. The molecule has 0 saturated carbocycles. The van der Waals surface area contributed by atoms with E-state index in [1.54, 1.807) is 23.0 Å². The van der Waals surface area contributed by atoms with Gasteiger partial charge in [-0.1, -0.05) is 0 Å². The smallest absolute Gasteiger partial charge is 0.163 e. The number of aromatic nitrogens is 3. The van der Waals surface area contributed by atoms with Crippen molar-refractivity contribution in [3.05, 3.63) is 52.5 Å². The van der Waals surface area contributed by atoms with Gasteiger partial charge in [0.2, 0.25) is 0 Å². The molecule has 0 amide bonds. The first kappa shape index (κ1) is 11.3. The molecule has 5 heteroatoms. The molecule has 18 heavy (non-hydrogen) atoms. The number of nitrogens with zero attached hydrogens (tertiary/aromatic N) is 3. The third-order valence-electron chi connectivity index (χ3n) is 2.74. The minimum Gasteiger partial charge on any atom is -0.235 e. The van der Waals surface area contributed by atoms with Crippen LogP contribution in [0.1, 0.15) is 5.69 Å². The first-order valence-electron chi connectivity index (χ1n) is 5.42. The standard InChI is InChI=1S/C13H9BrFN3/c1-8-12-6-9(14)7-16-13(12)18(17-8)11-4-2-10(15)3-5-11/h2-7H,1H3. The molecule has 0 saturated heterocycles. The fourth-order valence-corrected chi connectivity index (χ4v) is 2.21. The molecule has 0 aliphatic carbocycles. The molecule has 0 fully saturated rings. The molecule has 0 unspecified atom stereocenters. The van der Waals surface area contributed by atoms with Gasteiger partial charge in [-0.25, -0.2) is 14.1 Å². The zero-order chi connectivity index (χ0) is 12.7. The minimum atomic E-state index is -0.261. The van der Waals surface area contributed by atoms with Gasteiger partial charge in [-0.05, 0) is 53.2 Å². The highest BCUT2D eigenvalue weighted by atomic mass is 79.9. The Kier molecular flexibility index (Phi) is 2.63. The molecule has 0 spiro atoms. The predicted octanol–water partition coefficient (Wildman–Crippen LogP) is 3.63. The fourth-order valence-electron chi connectivity index (χ4n) is 1.88. The maximum absolute atomic E-state index is 12.9. The lowest BCUT2D eigenvalue weighted by Crippen LogP contribution is -1.97. The molecule has 0 aliphatic heterocycles. The van der Waals surface area contributed by atoms with Crippen LogP contribution in [-0.4, -0.2) is 14.8 Å². The van der Waals surface area contributed by atoms with Gasteiger partial charge in [-0.2, -0.15) is 5.10 Å². The summed E-state index contributed by atoms with van der Waals surface area (Å²) in [6.07, 6.45) is 1.73. The van der Waals surface area contributed by atoms with Crippen LogP contribution in [0.5, 0.6) is 0 Å². The summed E-state index contributed by atoms with van der Waals surface area (Å²) in [6.45, 7) is 1.93. The quantitative estimate of drug-likeness (QED) is 0.687. The number of halogens is 2. The zero-order valence-electron chi connectivity index (χ0n) is 9.56. The zero-order valence-corrected chi connectivity index (χ0v) is 11.1. The topological polar surface area (TPSA) is 30.7 Å². The van der Waals surface area contributed by atoms with Crippen molar-refractivity contribution in [1.29, 1.82) is 0 Å². The lowest BCUT2D eigenvalue weighted by Gasteiger charge is -2.02. The molecule has 3 aromatic rings. The average molecular weight is 306 g/mol. The monoisotopic (exact) mass is 305 g/mol. The molecule has 2 heterocycles. The van der Waals surface area contributed by atoms with E-state index in [9.17, 15) is 4.39 Å². The van der Waals surface area contributed by atoms with E-state index in [0.717, 1.165) is 26.9 Å².